The molecular formula is C35H28BrN3O6S. The van der Waals surface area contributed by atoms with Gasteiger partial charge in [-0.15, -0.1) is 11.8 Å². The number of hydrogen-bond donors (Lipinski definition) is 2. The van der Waals surface area contributed by atoms with Crippen molar-refractivity contribution in [1.82, 2.24) is 5.32 Å². The summed E-state index contributed by atoms with van der Waals surface area (Å²) in [5.41, 5.74) is 2.23. The summed E-state index contributed by atoms with van der Waals surface area (Å²) in [6.07, 6.45) is 1.53. The van der Waals surface area contributed by atoms with Gasteiger partial charge in [-0.3, -0.25) is 24.0 Å². The molecule has 46 heavy (non-hydrogen) atoms. The molecule has 9 nitrogen and oxygen atoms in total. The SMILES string of the molecule is COc1ccc(Br)cc1/C=C(\NC(=O)c1ccccc1)C(=O)Nc1cccc(S[C@H]2CC(=O)N(c3ccc(C(C)=O)cc3)C2=O)c1. The fourth-order valence-corrected chi connectivity index (χ4v) is 6.23. The number of nitrogens with zero attached hydrogens (tertiary/aromatic N) is 1. The summed E-state index contributed by atoms with van der Waals surface area (Å²) in [5, 5.41) is 4.87. The van der Waals surface area contributed by atoms with Gasteiger partial charge >= 0.3 is 0 Å². The quantitative estimate of drug-likeness (QED) is 0.110. The van der Waals surface area contributed by atoms with Gasteiger partial charge in [0.1, 0.15) is 11.4 Å². The first kappa shape index (κ1) is 32.4. The maximum Gasteiger partial charge on any atom is 0.272 e. The number of benzene rings is 4. The van der Waals surface area contributed by atoms with Crippen molar-refractivity contribution in [2.75, 3.05) is 17.3 Å². The number of anilines is 2. The zero-order valence-electron chi connectivity index (χ0n) is 24.8. The van der Waals surface area contributed by atoms with Crippen LogP contribution in [-0.2, 0) is 14.4 Å². The molecule has 1 aliphatic heterocycles. The van der Waals surface area contributed by atoms with Crippen LogP contribution in [0.3, 0.4) is 0 Å². The van der Waals surface area contributed by atoms with Crippen molar-refractivity contribution in [3.05, 3.63) is 124 Å². The van der Waals surface area contributed by atoms with Gasteiger partial charge < -0.3 is 15.4 Å². The number of hydrogen-bond acceptors (Lipinski definition) is 7. The van der Waals surface area contributed by atoms with Crippen molar-refractivity contribution in [2.24, 2.45) is 0 Å². The van der Waals surface area contributed by atoms with Crippen molar-refractivity contribution >= 4 is 74.6 Å². The fourth-order valence-electron chi connectivity index (χ4n) is 4.74. The highest BCUT2D eigenvalue weighted by molar-refractivity contribution is 9.10. The molecule has 1 fully saturated rings. The molecule has 11 heteroatoms. The molecule has 4 aromatic carbocycles. The summed E-state index contributed by atoms with van der Waals surface area (Å²) in [6, 6.07) is 27.0. The Labute approximate surface area is 278 Å². The molecule has 4 amide bonds. The summed E-state index contributed by atoms with van der Waals surface area (Å²) in [7, 11) is 1.51. The molecule has 0 aromatic heterocycles. The van der Waals surface area contributed by atoms with Crippen LogP contribution in [0.5, 0.6) is 5.75 Å². The maximum atomic E-state index is 13.6. The second-order valence-electron chi connectivity index (χ2n) is 10.2. The third-order valence-electron chi connectivity index (χ3n) is 7.03. The summed E-state index contributed by atoms with van der Waals surface area (Å²) in [6.45, 7) is 1.45. The van der Waals surface area contributed by atoms with Crippen LogP contribution in [-0.4, -0.2) is 41.8 Å². The molecule has 4 aromatic rings. The van der Waals surface area contributed by atoms with Crippen molar-refractivity contribution in [2.45, 2.75) is 23.5 Å². The molecular weight excluding hydrogens is 670 g/mol. The van der Waals surface area contributed by atoms with E-state index >= 15 is 0 Å². The number of halogens is 1. The highest BCUT2D eigenvalue weighted by Crippen LogP contribution is 2.35. The Balaban J connectivity index is 1.35. The number of imide groups is 1. The summed E-state index contributed by atoms with van der Waals surface area (Å²) in [5.74, 6) is -1.36. The number of amides is 4. The maximum absolute atomic E-state index is 13.6. The summed E-state index contributed by atoms with van der Waals surface area (Å²) < 4.78 is 6.21. The van der Waals surface area contributed by atoms with Gasteiger partial charge in [0.05, 0.1) is 18.0 Å². The van der Waals surface area contributed by atoms with E-state index in [0.717, 1.165) is 9.37 Å². The zero-order chi connectivity index (χ0) is 32.8. The van der Waals surface area contributed by atoms with E-state index in [4.69, 9.17) is 4.74 Å². The van der Waals surface area contributed by atoms with Gasteiger partial charge in [-0.2, -0.15) is 0 Å². The predicted molar refractivity (Wildman–Crippen MR) is 181 cm³/mol. The van der Waals surface area contributed by atoms with Crippen LogP contribution in [0.4, 0.5) is 11.4 Å². The Morgan fingerprint density at radius 2 is 1.65 bits per heavy atom. The monoisotopic (exact) mass is 697 g/mol. The highest BCUT2D eigenvalue weighted by atomic mass is 79.9. The van der Waals surface area contributed by atoms with E-state index < -0.39 is 17.1 Å². The zero-order valence-corrected chi connectivity index (χ0v) is 27.2. The molecule has 0 unspecified atom stereocenters. The average molecular weight is 699 g/mol. The van der Waals surface area contributed by atoms with Crippen LogP contribution >= 0.6 is 27.7 Å². The molecule has 1 heterocycles. The van der Waals surface area contributed by atoms with E-state index in [1.807, 2.05) is 0 Å². The number of nitrogens with one attached hydrogen (secondary N) is 2. The molecule has 2 N–H and O–H groups in total. The van der Waals surface area contributed by atoms with Crippen LogP contribution in [0.2, 0.25) is 0 Å². The Morgan fingerprint density at radius 1 is 0.913 bits per heavy atom. The van der Waals surface area contributed by atoms with Crippen LogP contribution in [0, 0.1) is 0 Å². The normalized spacial score (nSPS) is 14.6. The third-order valence-corrected chi connectivity index (χ3v) is 8.70. The Bertz CT molecular complexity index is 1860. The molecule has 1 aliphatic rings. The molecule has 0 saturated carbocycles. The minimum Gasteiger partial charge on any atom is -0.496 e. The van der Waals surface area contributed by atoms with Crippen LogP contribution < -0.4 is 20.3 Å². The molecule has 5 rings (SSSR count). The first-order valence-electron chi connectivity index (χ1n) is 14.1. The molecule has 0 bridgehead atoms. The first-order valence-corrected chi connectivity index (χ1v) is 15.8. The summed E-state index contributed by atoms with van der Waals surface area (Å²) >= 11 is 4.65. The van der Waals surface area contributed by atoms with Crippen LogP contribution in [0.1, 0.15) is 39.6 Å². The van der Waals surface area contributed by atoms with E-state index in [1.165, 1.54) is 31.9 Å². The standard InChI is InChI=1S/C35H28BrN3O6S/c1-21(40)22-11-14-27(15-12-22)39-32(41)20-31(35(39)44)46-28-10-6-9-26(19-28)37-34(43)29(38-33(42)23-7-4-3-5-8-23)18-24-17-25(36)13-16-30(24)45-2/h3-19,31H,20H2,1-2H3,(H,37,43)(H,38,42)/b29-18-/t31-/m0/s1. The van der Waals surface area contributed by atoms with Crippen molar-refractivity contribution in [3.8, 4) is 5.75 Å². The molecule has 0 radical (unpaired) electrons. The lowest BCUT2D eigenvalue weighted by Crippen LogP contribution is -2.31. The number of carbonyl (C=O) groups excluding carboxylic acids is 5. The van der Waals surface area contributed by atoms with Gasteiger partial charge in [0.15, 0.2) is 5.78 Å². The lowest BCUT2D eigenvalue weighted by Gasteiger charge is -2.15. The Morgan fingerprint density at radius 3 is 2.35 bits per heavy atom. The highest BCUT2D eigenvalue weighted by Gasteiger charge is 2.40. The third kappa shape index (κ3) is 7.61. The Kier molecular flexibility index (Phi) is 10.1. The minimum atomic E-state index is -0.671. The predicted octanol–water partition coefficient (Wildman–Crippen LogP) is 6.49. The topological polar surface area (TPSA) is 122 Å². The number of ketones is 1. The van der Waals surface area contributed by atoms with Gasteiger partial charge in [-0.1, -0.05) is 40.2 Å². The van der Waals surface area contributed by atoms with E-state index in [0.29, 0.717) is 38.7 Å². The fraction of sp³-hybridized carbons (Fsp3) is 0.114. The number of carbonyl (C=O) groups is 5. The smallest absolute Gasteiger partial charge is 0.272 e. The number of thioether (sulfide) groups is 1. The van der Waals surface area contributed by atoms with Gasteiger partial charge in [-0.25, -0.2) is 4.90 Å². The molecule has 0 aliphatic carbocycles. The van der Waals surface area contributed by atoms with Crippen LogP contribution in [0.25, 0.3) is 6.08 Å². The van der Waals surface area contributed by atoms with Gasteiger partial charge in [0.2, 0.25) is 11.8 Å². The van der Waals surface area contributed by atoms with Gasteiger partial charge in [-0.05, 0) is 85.8 Å². The molecule has 1 saturated heterocycles. The lowest BCUT2D eigenvalue weighted by molar-refractivity contribution is -0.121. The van der Waals surface area contributed by atoms with Crippen LogP contribution in [0.15, 0.2) is 112 Å². The van der Waals surface area contributed by atoms with Crippen molar-refractivity contribution in [3.63, 3.8) is 0 Å². The largest absolute Gasteiger partial charge is 0.496 e. The Hall–Kier alpha value is -5.00. The van der Waals surface area contributed by atoms with E-state index in [9.17, 15) is 24.0 Å². The summed E-state index contributed by atoms with van der Waals surface area (Å²) in [4.78, 5) is 66.1. The first-order chi connectivity index (χ1) is 22.1. The van der Waals surface area contributed by atoms with Gasteiger partial charge in [0, 0.05) is 38.2 Å². The second kappa shape index (κ2) is 14.4. The number of ether oxygens (including phenoxy) is 1. The van der Waals surface area contributed by atoms with Gasteiger partial charge in [0.25, 0.3) is 11.8 Å². The van der Waals surface area contributed by atoms with E-state index in [1.54, 1.807) is 97.1 Å². The van der Waals surface area contributed by atoms with Crippen molar-refractivity contribution < 1.29 is 28.7 Å². The average Bonchev–Trinajstić information content (AvgIpc) is 3.32. The number of methoxy groups -OCH3 is 1. The molecule has 232 valence electrons. The van der Waals surface area contributed by atoms with E-state index in [2.05, 4.69) is 26.6 Å². The lowest BCUT2D eigenvalue weighted by atomic mass is 10.1. The molecule has 1 atom stereocenters. The number of rotatable bonds is 10. The minimum absolute atomic E-state index is 0.00141. The molecule has 0 spiro atoms. The van der Waals surface area contributed by atoms with E-state index in [-0.39, 0.29) is 29.7 Å². The second-order valence-corrected chi connectivity index (χ2v) is 12.4. The number of Topliss-reactive ketones (excluding diaryl/α,β-unsaturated/α-hetero) is 1. The van der Waals surface area contributed by atoms with Crippen molar-refractivity contribution in [1.29, 1.82) is 0 Å².